The molecule has 5 heteroatoms. The number of halogens is 2. The summed E-state index contributed by atoms with van der Waals surface area (Å²) in [6, 6.07) is 13.9. The van der Waals surface area contributed by atoms with Gasteiger partial charge in [0.25, 0.3) is 0 Å². The molecule has 1 atom stereocenters. The van der Waals surface area contributed by atoms with Crippen molar-refractivity contribution in [2.75, 3.05) is 5.32 Å². The van der Waals surface area contributed by atoms with Crippen molar-refractivity contribution in [2.24, 2.45) is 0 Å². The van der Waals surface area contributed by atoms with Gasteiger partial charge in [0.2, 0.25) is 0 Å². The van der Waals surface area contributed by atoms with Gasteiger partial charge in [-0.05, 0) is 19.1 Å². The summed E-state index contributed by atoms with van der Waals surface area (Å²) >= 11 is 0. The smallest absolute Gasteiger partial charge is 0.387 e. The second kappa shape index (κ2) is 7.04. The molecule has 0 aliphatic heterocycles. The Bertz CT molecular complexity index is 588. The van der Waals surface area contributed by atoms with Crippen molar-refractivity contribution in [3.63, 3.8) is 0 Å². The van der Waals surface area contributed by atoms with Crippen molar-refractivity contribution < 1.29 is 18.6 Å². The molecule has 0 amide bonds. The maximum atomic E-state index is 12.4. The van der Waals surface area contributed by atoms with Crippen molar-refractivity contribution in [3.8, 4) is 5.75 Å². The number of nitrogens with one attached hydrogen (secondary N) is 1. The van der Waals surface area contributed by atoms with E-state index in [1.165, 1.54) is 6.07 Å². The molecular weight excluding hydrogens is 276 g/mol. The Kier molecular flexibility index (Phi) is 5.11. The largest absolute Gasteiger partial charge is 0.434 e. The first kappa shape index (κ1) is 15.3. The SMILES string of the molecule is CC(O)c1ccccc1NCc1ccccc1OC(F)F. The highest BCUT2D eigenvalue weighted by Crippen LogP contribution is 2.25. The zero-order chi connectivity index (χ0) is 15.2. The fourth-order valence-corrected chi connectivity index (χ4v) is 2.07. The summed E-state index contributed by atoms with van der Waals surface area (Å²) in [5.74, 6) is 0.148. The monoisotopic (exact) mass is 293 g/mol. The first-order valence-corrected chi connectivity index (χ1v) is 6.61. The summed E-state index contributed by atoms with van der Waals surface area (Å²) < 4.78 is 29.2. The molecule has 0 aromatic heterocycles. The summed E-state index contributed by atoms with van der Waals surface area (Å²) in [5.41, 5.74) is 2.14. The Morgan fingerprint density at radius 1 is 1.10 bits per heavy atom. The van der Waals surface area contributed by atoms with Gasteiger partial charge >= 0.3 is 6.61 Å². The van der Waals surface area contributed by atoms with Gasteiger partial charge in [0, 0.05) is 23.4 Å². The molecule has 112 valence electrons. The van der Waals surface area contributed by atoms with E-state index < -0.39 is 12.7 Å². The first-order chi connectivity index (χ1) is 10.1. The molecule has 0 saturated carbocycles. The Labute approximate surface area is 122 Å². The molecule has 0 spiro atoms. The van der Waals surface area contributed by atoms with Crippen molar-refractivity contribution in [1.82, 2.24) is 0 Å². The third kappa shape index (κ3) is 4.16. The molecule has 0 heterocycles. The normalized spacial score (nSPS) is 12.2. The summed E-state index contributed by atoms with van der Waals surface area (Å²) in [7, 11) is 0. The van der Waals surface area contributed by atoms with Crippen LogP contribution in [-0.4, -0.2) is 11.7 Å². The Morgan fingerprint density at radius 2 is 1.76 bits per heavy atom. The molecule has 0 saturated heterocycles. The number of alkyl halides is 2. The van der Waals surface area contributed by atoms with Gasteiger partial charge < -0.3 is 15.2 Å². The van der Waals surface area contributed by atoms with E-state index in [2.05, 4.69) is 10.1 Å². The molecule has 2 N–H and O–H groups in total. The van der Waals surface area contributed by atoms with E-state index in [0.29, 0.717) is 12.1 Å². The minimum atomic E-state index is -2.85. The zero-order valence-electron chi connectivity index (χ0n) is 11.6. The molecule has 3 nitrogen and oxygen atoms in total. The number of aliphatic hydroxyl groups is 1. The number of anilines is 1. The molecule has 0 bridgehead atoms. The number of rotatable bonds is 6. The van der Waals surface area contributed by atoms with Crippen LogP contribution in [0.4, 0.5) is 14.5 Å². The van der Waals surface area contributed by atoms with Gasteiger partial charge in [0.1, 0.15) is 5.75 Å². The number of benzene rings is 2. The fraction of sp³-hybridized carbons (Fsp3) is 0.250. The van der Waals surface area contributed by atoms with Crippen molar-refractivity contribution in [2.45, 2.75) is 26.2 Å². The molecule has 0 radical (unpaired) electrons. The van der Waals surface area contributed by atoms with E-state index in [1.807, 2.05) is 24.3 Å². The molecule has 2 rings (SSSR count). The Hall–Kier alpha value is -2.14. The van der Waals surface area contributed by atoms with Crippen LogP contribution in [0.3, 0.4) is 0 Å². The summed E-state index contributed by atoms with van der Waals surface area (Å²) in [5, 5.41) is 12.9. The molecule has 0 aliphatic carbocycles. The molecule has 1 unspecified atom stereocenters. The summed E-state index contributed by atoms with van der Waals surface area (Å²) in [4.78, 5) is 0. The van der Waals surface area contributed by atoms with Crippen molar-refractivity contribution in [1.29, 1.82) is 0 Å². The molecular formula is C16H17F2NO2. The third-order valence-corrected chi connectivity index (χ3v) is 3.07. The van der Waals surface area contributed by atoms with Gasteiger partial charge in [0.05, 0.1) is 6.10 Å². The van der Waals surface area contributed by atoms with E-state index in [1.54, 1.807) is 25.1 Å². The topological polar surface area (TPSA) is 41.5 Å². The van der Waals surface area contributed by atoms with Crippen LogP contribution in [0.5, 0.6) is 5.75 Å². The maximum absolute atomic E-state index is 12.4. The van der Waals surface area contributed by atoms with Gasteiger partial charge in [0.15, 0.2) is 0 Å². The average Bonchev–Trinajstić information content (AvgIpc) is 2.46. The highest BCUT2D eigenvalue weighted by molar-refractivity contribution is 5.53. The highest BCUT2D eigenvalue weighted by Gasteiger charge is 2.10. The Balaban J connectivity index is 2.14. The van der Waals surface area contributed by atoms with Crippen LogP contribution in [0.25, 0.3) is 0 Å². The summed E-state index contributed by atoms with van der Waals surface area (Å²) in [6.45, 7) is -0.850. The maximum Gasteiger partial charge on any atom is 0.387 e. The van der Waals surface area contributed by atoms with E-state index in [4.69, 9.17) is 0 Å². The van der Waals surface area contributed by atoms with Gasteiger partial charge in [-0.2, -0.15) is 8.78 Å². The lowest BCUT2D eigenvalue weighted by Gasteiger charge is -2.15. The standard InChI is InChI=1S/C16H17F2NO2/c1-11(20)13-7-3-4-8-14(13)19-10-12-6-2-5-9-15(12)21-16(17)18/h2-9,11,16,19-20H,10H2,1H3. The van der Waals surface area contributed by atoms with E-state index in [0.717, 1.165) is 11.3 Å². The molecule has 0 aliphatic rings. The number of aliphatic hydroxyl groups excluding tert-OH is 1. The number of hydrogen-bond donors (Lipinski definition) is 2. The van der Waals surface area contributed by atoms with E-state index in [-0.39, 0.29) is 5.75 Å². The second-order valence-electron chi connectivity index (χ2n) is 4.60. The third-order valence-electron chi connectivity index (χ3n) is 3.07. The minimum absolute atomic E-state index is 0.148. The average molecular weight is 293 g/mol. The van der Waals surface area contributed by atoms with Gasteiger partial charge in [-0.1, -0.05) is 36.4 Å². The van der Waals surface area contributed by atoms with Crippen LogP contribution in [0.15, 0.2) is 48.5 Å². The predicted molar refractivity (Wildman–Crippen MR) is 77.5 cm³/mol. The van der Waals surface area contributed by atoms with E-state index in [9.17, 15) is 13.9 Å². The van der Waals surface area contributed by atoms with E-state index >= 15 is 0 Å². The van der Waals surface area contributed by atoms with Crippen LogP contribution >= 0.6 is 0 Å². The van der Waals surface area contributed by atoms with Gasteiger partial charge in [-0.3, -0.25) is 0 Å². The zero-order valence-corrected chi connectivity index (χ0v) is 11.6. The number of hydrogen-bond acceptors (Lipinski definition) is 3. The number of para-hydroxylation sites is 2. The van der Waals surface area contributed by atoms with Crippen LogP contribution < -0.4 is 10.1 Å². The second-order valence-corrected chi connectivity index (χ2v) is 4.60. The first-order valence-electron chi connectivity index (χ1n) is 6.61. The molecule has 2 aromatic carbocycles. The quantitative estimate of drug-likeness (QED) is 0.847. The lowest BCUT2D eigenvalue weighted by molar-refractivity contribution is -0.0504. The summed E-state index contributed by atoms with van der Waals surface area (Å²) in [6.07, 6.45) is -0.610. The van der Waals surface area contributed by atoms with Crippen LogP contribution in [-0.2, 0) is 6.54 Å². The van der Waals surface area contributed by atoms with Crippen LogP contribution in [0.1, 0.15) is 24.2 Å². The highest BCUT2D eigenvalue weighted by atomic mass is 19.3. The van der Waals surface area contributed by atoms with Gasteiger partial charge in [-0.25, -0.2) is 0 Å². The lowest BCUT2D eigenvalue weighted by atomic mass is 10.1. The van der Waals surface area contributed by atoms with Crippen molar-refractivity contribution in [3.05, 3.63) is 59.7 Å². The van der Waals surface area contributed by atoms with Crippen LogP contribution in [0.2, 0.25) is 0 Å². The minimum Gasteiger partial charge on any atom is -0.434 e. The number of ether oxygens (including phenoxy) is 1. The van der Waals surface area contributed by atoms with Crippen LogP contribution in [0, 0.1) is 0 Å². The predicted octanol–water partition coefficient (Wildman–Crippen LogP) is 3.95. The lowest BCUT2D eigenvalue weighted by Crippen LogP contribution is -2.08. The molecule has 2 aromatic rings. The molecule has 0 fully saturated rings. The van der Waals surface area contributed by atoms with Crippen molar-refractivity contribution >= 4 is 5.69 Å². The Morgan fingerprint density at radius 3 is 2.48 bits per heavy atom. The molecule has 21 heavy (non-hydrogen) atoms. The van der Waals surface area contributed by atoms with Gasteiger partial charge in [-0.15, -0.1) is 0 Å². The fourth-order valence-electron chi connectivity index (χ4n) is 2.07.